The summed E-state index contributed by atoms with van der Waals surface area (Å²) in [5, 5.41) is 4.11. The van der Waals surface area contributed by atoms with Crippen LogP contribution in [-0.2, 0) is 6.61 Å². The van der Waals surface area contributed by atoms with Crippen LogP contribution in [0.15, 0.2) is 73.1 Å². The molecule has 4 aromatic rings. The van der Waals surface area contributed by atoms with Gasteiger partial charge in [-0.3, -0.25) is 4.79 Å². The average molecular weight is 687 g/mol. The smallest absolute Gasteiger partial charge is 0.307 e. The van der Waals surface area contributed by atoms with Gasteiger partial charge in [-0.2, -0.15) is 5.10 Å². The number of furan rings is 1. The fourth-order valence-electron chi connectivity index (χ4n) is 4.07. The lowest BCUT2D eigenvalue weighted by Crippen LogP contribution is -2.17. The summed E-state index contributed by atoms with van der Waals surface area (Å²) in [6.07, 6.45) is 2.40. The van der Waals surface area contributed by atoms with Gasteiger partial charge >= 0.3 is 5.91 Å². The molecule has 2 aromatic carbocycles. The van der Waals surface area contributed by atoms with Crippen LogP contribution in [0.5, 0.6) is 17.2 Å². The van der Waals surface area contributed by atoms with E-state index in [2.05, 4.69) is 79.9 Å². The van der Waals surface area contributed by atoms with Crippen molar-refractivity contribution in [3.8, 4) is 22.9 Å². The van der Waals surface area contributed by atoms with Crippen molar-refractivity contribution in [2.45, 2.75) is 53.8 Å². The zero-order valence-electron chi connectivity index (χ0n) is 23.7. The zero-order valence-corrected chi connectivity index (χ0v) is 26.8. The van der Waals surface area contributed by atoms with E-state index in [0.717, 1.165) is 16.6 Å². The Bertz CT molecular complexity index is 1510. The molecule has 1 N–H and O–H groups in total. The van der Waals surface area contributed by atoms with Gasteiger partial charge in [-0.25, -0.2) is 5.43 Å². The van der Waals surface area contributed by atoms with Crippen LogP contribution < -0.4 is 19.6 Å². The third kappa shape index (κ3) is 7.42. The van der Waals surface area contributed by atoms with Crippen molar-refractivity contribution in [1.29, 1.82) is 0 Å². The van der Waals surface area contributed by atoms with Gasteiger partial charge in [-0.1, -0.05) is 6.92 Å². The number of carbonyl (C=O) groups is 1. The number of halogens is 2. The Balaban J connectivity index is 1.36. The molecule has 8 nitrogen and oxygen atoms in total. The normalized spacial score (nSPS) is 12.0. The first kappa shape index (κ1) is 30.5. The van der Waals surface area contributed by atoms with Crippen molar-refractivity contribution in [2.24, 2.45) is 5.10 Å². The molecule has 216 valence electrons. The standard InChI is InChI=1S/C31H33Br2N3O5/c1-6-21(5)40-30-27(38-7-2)16-22(28(32)29(30)33)17-34-35-31(37)26-15-14-25(41-26)18-39-24-12-10-23(11-13-24)36-19(3)8-9-20(36)4/h8-17,21H,6-7,18H2,1-5H3,(H,35,37)/b34-17+/t21-/m0/s1. The first-order valence-corrected chi connectivity index (χ1v) is 14.9. The highest BCUT2D eigenvalue weighted by Crippen LogP contribution is 2.43. The lowest BCUT2D eigenvalue weighted by Gasteiger charge is -2.19. The fraction of sp³-hybridized carbons (Fsp3) is 0.290. The van der Waals surface area contributed by atoms with Crippen molar-refractivity contribution in [3.05, 3.63) is 92.0 Å². The Labute approximate surface area is 256 Å². The molecule has 2 heterocycles. The van der Waals surface area contributed by atoms with Gasteiger partial charge in [-0.15, -0.1) is 0 Å². The summed E-state index contributed by atoms with van der Waals surface area (Å²) < 4.78 is 27.0. The second-order valence-corrected chi connectivity index (χ2v) is 11.0. The first-order valence-electron chi connectivity index (χ1n) is 13.3. The number of aromatic nitrogens is 1. The molecule has 0 aliphatic carbocycles. The molecular formula is C31H33Br2N3O5. The molecule has 0 aliphatic rings. The predicted molar refractivity (Wildman–Crippen MR) is 167 cm³/mol. The summed E-state index contributed by atoms with van der Waals surface area (Å²) in [7, 11) is 0. The van der Waals surface area contributed by atoms with Crippen LogP contribution in [0, 0.1) is 13.8 Å². The van der Waals surface area contributed by atoms with E-state index >= 15 is 0 Å². The van der Waals surface area contributed by atoms with Crippen molar-refractivity contribution >= 4 is 44.0 Å². The maximum Gasteiger partial charge on any atom is 0.307 e. The number of carbonyl (C=O) groups excluding carboxylic acids is 1. The molecule has 0 radical (unpaired) electrons. The lowest BCUT2D eigenvalue weighted by molar-refractivity contribution is 0.0923. The summed E-state index contributed by atoms with van der Waals surface area (Å²) in [5.41, 5.74) is 6.60. The number of ether oxygens (including phenoxy) is 3. The number of hydrogen-bond donors (Lipinski definition) is 1. The number of hydrazone groups is 1. The molecule has 1 atom stereocenters. The molecular weight excluding hydrogens is 654 g/mol. The van der Waals surface area contributed by atoms with Crippen molar-refractivity contribution in [1.82, 2.24) is 9.99 Å². The molecule has 41 heavy (non-hydrogen) atoms. The summed E-state index contributed by atoms with van der Waals surface area (Å²) in [6.45, 7) is 10.8. The van der Waals surface area contributed by atoms with E-state index in [1.807, 2.05) is 38.1 Å². The Morgan fingerprint density at radius 2 is 1.73 bits per heavy atom. The number of benzene rings is 2. The minimum Gasteiger partial charge on any atom is -0.490 e. The summed E-state index contributed by atoms with van der Waals surface area (Å²) in [5.74, 6) is 2.06. The van der Waals surface area contributed by atoms with Gasteiger partial charge in [0.05, 0.1) is 23.4 Å². The van der Waals surface area contributed by atoms with Crippen molar-refractivity contribution < 1.29 is 23.4 Å². The van der Waals surface area contributed by atoms with Crippen molar-refractivity contribution in [2.75, 3.05) is 6.61 Å². The topological polar surface area (TPSA) is 87.2 Å². The van der Waals surface area contributed by atoms with E-state index < -0.39 is 5.91 Å². The second kappa shape index (κ2) is 13.9. The maximum atomic E-state index is 12.6. The van der Waals surface area contributed by atoms with Crippen LogP contribution in [-0.4, -0.2) is 29.4 Å². The van der Waals surface area contributed by atoms with E-state index in [1.54, 1.807) is 18.2 Å². The lowest BCUT2D eigenvalue weighted by atomic mass is 10.2. The number of nitrogens with one attached hydrogen (secondary N) is 1. The van der Waals surface area contributed by atoms with Gasteiger partial charge in [0.1, 0.15) is 18.1 Å². The van der Waals surface area contributed by atoms with Crippen LogP contribution in [0.1, 0.15) is 60.5 Å². The van der Waals surface area contributed by atoms with E-state index in [9.17, 15) is 4.79 Å². The largest absolute Gasteiger partial charge is 0.490 e. The minimum absolute atomic E-state index is 0.0177. The molecule has 4 rings (SSSR count). The third-order valence-electron chi connectivity index (χ3n) is 6.35. The van der Waals surface area contributed by atoms with E-state index in [-0.39, 0.29) is 18.5 Å². The molecule has 1 amide bonds. The van der Waals surface area contributed by atoms with Crippen LogP contribution >= 0.6 is 31.9 Å². The van der Waals surface area contributed by atoms with E-state index in [1.165, 1.54) is 17.6 Å². The number of hydrogen-bond acceptors (Lipinski definition) is 6. The molecule has 0 saturated carbocycles. The number of nitrogens with zero attached hydrogens (tertiary/aromatic N) is 2. The number of amides is 1. The van der Waals surface area contributed by atoms with Crippen LogP contribution in [0.3, 0.4) is 0 Å². The number of rotatable bonds is 12. The third-order valence-corrected chi connectivity index (χ3v) is 8.50. The van der Waals surface area contributed by atoms with Crippen LogP contribution in [0.25, 0.3) is 5.69 Å². The van der Waals surface area contributed by atoms with Gasteiger partial charge in [-0.05, 0) is 121 Å². The van der Waals surface area contributed by atoms with Crippen LogP contribution in [0.4, 0.5) is 0 Å². The number of aryl methyl sites for hydroxylation is 2. The van der Waals surface area contributed by atoms with E-state index in [0.29, 0.717) is 39.7 Å². The highest BCUT2D eigenvalue weighted by Gasteiger charge is 2.19. The summed E-state index contributed by atoms with van der Waals surface area (Å²) >= 11 is 7.17. The average Bonchev–Trinajstić information content (AvgIpc) is 3.58. The molecule has 0 unspecified atom stereocenters. The first-order chi connectivity index (χ1) is 19.7. The quantitative estimate of drug-likeness (QED) is 0.120. The Morgan fingerprint density at radius 3 is 2.39 bits per heavy atom. The molecule has 0 spiro atoms. The van der Waals surface area contributed by atoms with Gasteiger partial charge < -0.3 is 23.2 Å². The molecule has 0 aliphatic heterocycles. The Morgan fingerprint density at radius 1 is 1.02 bits per heavy atom. The molecule has 0 bridgehead atoms. The summed E-state index contributed by atoms with van der Waals surface area (Å²) in [4.78, 5) is 12.6. The van der Waals surface area contributed by atoms with Crippen LogP contribution in [0.2, 0.25) is 0 Å². The fourth-order valence-corrected chi connectivity index (χ4v) is 4.99. The van der Waals surface area contributed by atoms with Gasteiger partial charge in [0, 0.05) is 27.1 Å². The highest BCUT2D eigenvalue weighted by atomic mass is 79.9. The van der Waals surface area contributed by atoms with Gasteiger partial charge in [0.2, 0.25) is 0 Å². The molecule has 10 heteroatoms. The predicted octanol–water partition coefficient (Wildman–Crippen LogP) is 8.13. The monoisotopic (exact) mass is 685 g/mol. The van der Waals surface area contributed by atoms with Gasteiger partial charge in [0.15, 0.2) is 17.3 Å². The summed E-state index contributed by atoms with van der Waals surface area (Å²) in [6, 6.07) is 17.1. The molecule has 0 saturated heterocycles. The molecule has 2 aromatic heterocycles. The Kier molecular flexibility index (Phi) is 10.3. The van der Waals surface area contributed by atoms with Crippen molar-refractivity contribution in [3.63, 3.8) is 0 Å². The van der Waals surface area contributed by atoms with E-state index in [4.69, 9.17) is 18.6 Å². The highest BCUT2D eigenvalue weighted by molar-refractivity contribution is 9.13. The minimum atomic E-state index is -0.480. The zero-order chi connectivity index (χ0) is 29.5. The second-order valence-electron chi connectivity index (χ2n) is 9.39. The maximum absolute atomic E-state index is 12.6. The Hall–Kier alpha value is -3.50. The SMILES string of the molecule is CCOc1cc(/C=N/NC(=O)c2ccc(COc3ccc(-n4c(C)ccc4C)cc3)o2)c(Br)c(Br)c1O[C@@H](C)CC. The molecule has 0 fully saturated rings. The van der Waals surface area contributed by atoms with Gasteiger partial charge in [0.25, 0.3) is 0 Å².